The molecule has 1 spiro atoms. The van der Waals surface area contributed by atoms with Crippen LogP contribution in [0.3, 0.4) is 0 Å². The summed E-state index contributed by atoms with van der Waals surface area (Å²) < 4.78 is 7.16. The minimum Gasteiger partial charge on any atom is -0.467 e. The summed E-state index contributed by atoms with van der Waals surface area (Å²) in [5.41, 5.74) is 6.52. The number of carbonyl (C=O) groups is 2. The van der Waals surface area contributed by atoms with Gasteiger partial charge in [-0.15, -0.1) is 11.3 Å². The lowest BCUT2D eigenvalue weighted by molar-refractivity contribution is -0.0245. The number of hydrogen-bond donors (Lipinski definition) is 2. The maximum absolute atomic E-state index is 13.2. The maximum Gasteiger partial charge on any atom is 0.258 e. The lowest BCUT2D eigenvalue weighted by atomic mass is 9.96. The van der Waals surface area contributed by atoms with Crippen LogP contribution in [0.4, 0.5) is 5.00 Å². The number of amides is 2. The number of hydrogen-bond acceptors (Lipinski definition) is 5. The van der Waals surface area contributed by atoms with Crippen molar-refractivity contribution in [1.29, 1.82) is 0 Å². The Kier molecular flexibility index (Phi) is 3.80. The maximum atomic E-state index is 13.2. The molecule has 2 amide bonds. The molecule has 0 saturated carbocycles. The minimum absolute atomic E-state index is 0.0627. The van der Waals surface area contributed by atoms with E-state index >= 15 is 0 Å². The van der Waals surface area contributed by atoms with Crippen molar-refractivity contribution in [3.63, 3.8) is 0 Å². The van der Waals surface area contributed by atoms with Gasteiger partial charge < -0.3 is 20.7 Å². The van der Waals surface area contributed by atoms with E-state index in [2.05, 4.69) is 5.32 Å². The standard InChI is InChI=1S/C21H19N3O3S/c22-18-17(14-6-2-4-8-16(14)28-18)20(26)24-11-9-21(10-12-24)23-19(25)13-5-1-3-7-15(13)27-21/h1-8H,9-12,22H2,(H,23,25). The Labute approximate surface area is 165 Å². The molecular formula is C21H19N3O3S. The van der Waals surface area contributed by atoms with Crippen LogP contribution >= 0.6 is 11.3 Å². The molecular weight excluding hydrogens is 374 g/mol. The summed E-state index contributed by atoms with van der Waals surface area (Å²) in [6.07, 6.45) is 1.06. The summed E-state index contributed by atoms with van der Waals surface area (Å²) in [7, 11) is 0. The van der Waals surface area contributed by atoms with Crippen molar-refractivity contribution in [3.05, 3.63) is 59.7 Å². The molecule has 7 heteroatoms. The van der Waals surface area contributed by atoms with E-state index in [-0.39, 0.29) is 11.8 Å². The summed E-state index contributed by atoms with van der Waals surface area (Å²) in [4.78, 5) is 27.4. The average molecular weight is 393 g/mol. The molecule has 0 aliphatic carbocycles. The van der Waals surface area contributed by atoms with Crippen LogP contribution in [0.1, 0.15) is 33.6 Å². The highest BCUT2D eigenvalue weighted by molar-refractivity contribution is 7.23. The van der Waals surface area contributed by atoms with Crippen molar-refractivity contribution in [1.82, 2.24) is 10.2 Å². The minimum atomic E-state index is -0.759. The topological polar surface area (TPSA) is 84.7 Å². The number of para-hydroxylation sites is 1. The van der Waals surface area contributed by atoms with Gasteiger partial charge in [-0.25, -0.2) is 0 Å². The van der Waals surface area contributed by atoms with Gasteiger partial charge in [0.2, 0.25) is 0 Å². The monoisotopic (exact) mass is 393 g/mol. The Morgan fingerprint density at radius 3 is 2.64 bits per heavy atom. The fraction of sp³-hybridized carbons (Fsp3) is 0.238. The van der Waals surface area contributed by atoms with Gasteiger partial charge in [0.15, 0.2) is 5.72 Å². The lowest BCUT2D eigenvalue weighted by Gasteiger charge is -2.44. The molecule has 3 aromatic rings. The third kappa shape index (κ3) is 2.62. The highest BCUT2D eigenvalue weighted by atomic mass is 32.1. The summed E-state index contributed by atoms with van der Waals surface area (Å²) in [5, 5.41) is 4.44. The second kappa shape index (κ2) is 6.24. The highest BCUT2D eigenvalue weighted by Gasteiger charge is 2.43. The molecule has 28 heavy (non-hydrogen) atoms. The van der Waals surface area contributed by atoms with Crippen LogP contribution in [0.2, 0.25) is 0 Å². The second-order valence-corrected chi connectivity index (χ2v) is 8.26. The number of fused-ring (bicyclic) bond motifs is 2. The number of piperidine rings is 1. The fourth-order valence-corrected chi connectivity index (χ4v) is 4.96. The third-order valence-corrected chi connectivity index (χ3v) is 6.47. The highest BCUT2D eigenvalue weighted by Crippen LogP contribution is 2.37. The first-order valence-electron chi connectivity index (χ1n) is 9.23. The van der Waals surface area contributed by atoms with E-state index < -0.39 is 5.72 Å². The van der Waals surface area contributed by atoms with Gasteiger partial charge in [-0.2, -0.15) is 0 Å². The average Bonchev–Trinajstić information content (AvgIpc) is 3.04. The van der Waals surface area contributed by atoms with E-state index in [1.54, 1.807) is 11.0 Å². The van der Waals surface area contributed by atoms with Gasteiger partial charge in [-0.05, 0) is 18.2 Å². The molecule has 2 aromatic carbocycles. The van der Waals surface area contributed by atoms with Crippen molar-refractivity contribution in [3.8, 4) is 5.75 Å². The smallest absolute Gasteiger partial charge is 0.258 e. The number of likely N-dealkylation sites (tertiary alicyclic amines) is 1. The molecule has 142 valence electrons. The summed E-state index contributed by atoms with van der Waals surface area (Å²) in [6, 6.07) is 15.0. The van der Waals surface area contributed by atoms with Crippen LogP contribution in [0.15, 0.2) is 48.5 Å². The third-order valence-electron chi connectivity index (χ3n) is 5.47. The van der Waals surface area contributed by atoms with Crippen molar-refractivity contribution in [2.45, 2.75) is 18.6 Å². The molecule has 2 aliphatic rings. The Hall–Kier alpha value is -3.06. The van der Waals surface area contributed by atoms with Crippen molar-refractivity contribution in [2.24, 2.45) is 0 Å². The molecule has 0 unspecified atom stereocenters. The Morgan fingerprint density at radius 2 is 1.82 bits per heavy atom. The first-order chi connectivity index (χ1) is 13.6. The Balaban J connectivity index is 1.37. The van der Waals surface area contributed by atoms with E-state index in [1.165, 1.54) is 11.3 Å². The largest absolute Gasteiger partial charge is 0.467 e. The number of nitrogens with two attached hydrogens (primary N) is 1. The molecule has 2 aliphatic heterocycles. The zero-order valence-corrected chi connectivity index (χ0v) is 15.9. The van der Waals surface area contributed by atoms with Gasteiger partial charge in [-0.1, -0.05) is 30.3 Å². The first-order valence-corrected chi connectivity index (χ1v) is 10.0. The molecule has 3 heterocycles. The van der Waals surface area contributed by atoms with Crippen LogP contribution in [0.5, 0.6) is 5.75 Å². The zero-order chi connectivity index (χ0) is 19.3. The van der Waals surface area contributed by atoms with Gasteiger partial charge >= 0.3 is 0 Å². The van der Waals surface area contributed by atoms with Crippen LogP contribution in [-0.4, -0.2) is 35.5 Å². The van der Waals surface area contributed by atoms with Crippen LogP contribution in [-0.2, 0) is 0 Å². The van der Waals surface area contributed by atoms with Crippen LogP contribution in [0.25, 0.3) is 10.1 Å². The van der Waals surface area contributed by atoms with E-state index in [9.17, 15) is 9.59 Å². The van der Waals surface area contributed by atoms with Crippen molar-refractivity contribution in [2.75, 3.05) is 18.8 Å². The van der Waals surface area contributed by atoms with Crippen molar-refractivity contribution < 1.29 is 14.3 Å². The Morgan fingerprint density at radius 1 is 1.11 bits per heavy atom. The number of benzene rings is 2. The second-order valence-electron chi connectivity index (χ2n) is 7.18. The molecule has 1 fully saturated rings. The van der Waals surface area contributed by atoms with Gasteiger partial charge in [-0.3, -0.25) is 9.59 Å². The molecule has 3 N–H and O–H groups in total. The van der Waals surface area contributed by atoms with E-state index in [0.29, 0.717) is 47.8 Å². The molecule has 0 bridgehead atoms. The van der Waals surface area contributed by atoms with Crippen LogP contribution in [0, 0.1) is 0 Å². The Bertz CT molecular complexity index is 1100. The number of nitrogen functional groups attached to an aromatic ring is 1. The van der Waals surface area contributed by atoms with E-state index in [4.69, 9.17) is 10.5 Å². The number of carbonyl (C=O) groups excluding carboxylic acids is 2. The van der Waals surface area contributed by atoms with Gasteiger partial charge in [0.1, 0.15) is 5.75 Å². The molecule has 6 nitrogen and oxygen atoms in total. The predicted molar refractivity (Wildman–Crippen MR) is 109 cm³/mol. The van der Waals surface area contributed by atoms with E-state index in [1.807, 2.05) is 42.5 Å². The van der Waals surface area contributed by atoms with Gasteiger partial charge in [0, 0.05) is 36.0 Å². The molecule has 5 rings (SSSR count). The SMILES string of the molecule is Nc1sc2ccccc2c1C(=O)N1CCC2(CC1)NC(=O)c1ccccc1O2. The number of ether oxygens (including phenoxy) is 1. The summed E-state index contributed by atoms with van der Waals surface area (Å²) >= 11 is 1.43. The van der Waals surface area contributed by atoms with Gasteiger partial charge in [0.05, 0.1) is 16.1 Å². The van der Waals surface area contributed by atoms with Gasteiger partial charge in [0.25, 0.3) is 11.8 Å². The number of thiophene rings is 1. The van der Waals surface area contributed by atoms with E-state index in [0.717, 1.165) is 10.1 Å². The van der Waals surface area contributed by atoms with Crippen molar-refractivity contribution >= 4 is 38.2 Å². The summed E-state index contributed by atoms with van der Waals surface area (Å²) in [6.45, 7) is 0.982. The number of nitrogens with zero attached hydrogens (tertiary/aromatic N) is 1. The fourth-order valence-electron chi connectivity index (χ4n) is 3.99. The predicted octanol–water partition coefficient (Wildman–Crippen LogP) is 3.24. The lowest BCUT2D eigenvalue weighted by Crippen LogP contribution is -2.61. The molecule has 1 aromatic heterocycles. The molecule has 1 saturated heterocycles. The molecule has 0 atom stereocenters. The summed E-state index contributed by atoms with van der Waals surface area (Å²) in [5.74, 6) is 0.404. The normalized spacial score (nSPS) is 17.9. The van der Waals surface area contributed by atoms with Crippen LogP contribution < -0.4 is 15.8 Å². The number of nitrogens with one attached hydrogen (secondary N) is 1. The molecule has 0 radical (unpaired) electrons. The quantitative estimate of drug-likeness (QED) is 0.665. The zero-order valence-electron chi connectivity index (χ0n) is 15.1. The first kappa shape index (κ1) is 17.1. The number of anilines is 1. The number of rotatable bonds is 1.